The molecule has 9 heteroatoms. The fraction of sp³-hybridized carbons (Fsp3) is 0.300. The molecule has 0 spiro atoms. The highest BCUT2D eigenvalue weighted by molar-refractivity contribution is 7.89. The summed E-state index contributed by atoms with van der Waals surface area (Å²) in [7, 11) is -2.74. The Kier molecular flexibility index (Phi) is 5.17. The number of halogens is 2. The summed E-state index contributed by atoms with van der Waals surface area (Å²) in [6.07, 6.45) is 0. The van der Waals surface area contributed by atoms with Gasteiger partial charge < -0.3 is 10.2 Å². The van der Waals surface area contributed by atoms with Crippen molar-refractivity contribution in [1.82, 2.24) is 4.31 Å². The molecular formula is C10H11Cl2NO5S. The molecule has 0 fully saturated rings. The van der Waals surface area contributed by atoms with Gasteiger partial charge in [-0.05, 0) is 12.1 Å². The first-order chi connectivity index (χ1) is 8.71. The van der Waals surface area contributed by atoms with Crippen LogP contribution in [0.1, 0.15) is 10.4 Å². The van der Waals surface area contributed by atoms with Gasteiger partial charge in [0, 0.05) is 13.6 Å². The van der Waals surface area contributed by atoms with E-state index in [0.29, 0.717) is 0 Å². The van der Waals surface area contributed by atoms with Crippen LogP contribution in [0.2, 0.25) is 10.0 Å². The quantitative estimate of drug-likeness (QED) is 0.850. The van der Waals surface area contributed by atoms with Crippen LogP contribution in [-0.4, -0.2) is 49.1 Å². The van der Waals surface area contributed by atoms with Gasteiger partial charge in [0.05, 0.1) is 22.2 Å². The number of carboxylic acids is 1. The van der Waals surface area contributed by atoms with Gasteiger partial charge in [-0.3, -0.25) is 0 Å². The first-order valence-corrected chi connectivity index (χ1v) is 7.21. The number of rotatable bonds is 5. The molecule has 0 aliphatic rings. The molecule has 0 aliphatic heterocycles. The molecule has 0 amide bonds. The standard InChI is InChI=1S/C10H11Cl2NO5S/c1-13(2-3-14)19(17,18)9-4-6(10(15)16)7(11)5-8(9)12/h4-5,14H,2-3H2,1H3,(H,15,16). The average molecular weight is 328 g/mol. The topological polar surface area (TPSA) is 94.9 Å². The molecule has 0 aliphatic carbocycles. The molecule has 6 nitrogen and oxygen atoms in total. The van der Waals surface area contributed by atoms with Crippen LogP contribution in [-0.2, 0) is 10.0 Å². The van der Waals surface area contributed by atoms with Crippen LogP contribution >= 0.6 is 23.2 Å². The third kappa shape index (κ3) is 3.37. The van der Waals surface area contributed by atoms with Crippen LogP contribution in [0.25, 0.3) is 0 Å². The predicted octanol–water partition coefficient (Wildman–Crippen LogP) is 1.30. The number of hydrogen-bond donors (Lipinski definition) is 2. The van der Waals surface area contributed by atoms with E-state index >= 15 is 0 Å². The Morgan fingerprint density at radius 1 is 1.32 bits per heavy atom. The Morgan fingerprint density at radius 2 is 1.89 bits per heavy atom. The Balaban J connectivity index is 3.43. The Morgan fingerprint density at radius 3 is 2.37 bits per heavy atom. The molecule has 0 radical (unpaired) electrons. The van der Waals surface area contributed by atoms with Crippen molar-refractivity contribution in [3.05, 3.63) is 27.7 Å². The molecule has 0 aromatic heterocycles. The van der Waals surface area contributed by atoms with Crippen molar-refractivity contribution in [1.29, 1.82) is 0 Å². The summed E-state index contributed by atoms with van der Waals surface area (Å²) < 4.78 is 25.1. The smallest absolute Gasteiger partial charge is 0.337 e. The molecule has 1 aromatic carbocycles. The van der Waals surface area contributed by atoms with Gasteiger partial charge in [0.2, 0.25) is 10.0 Å². The van der Waals surface area contributed by atoms with Crippen LogP contribution in [0.5, 0.6) is 0 Å². The van der Waals surface area contributed by atoms with Crippen LogP contribution in [0.15, 0.2) is 17.0 Å². The van der Waals surface area contributed by atoms with E-state index in [4.69, 9.17) is 33.4 Å². The normalized spacial score (nSPS) is 11.8. The van der Waals surface area contributed by atoms with Gasteiger partial charge in [-0.25, -0.2) is 13.2 Å². The molecular weight excluding hydrogens is 317 g/mol. The van der Waals surface area contributed by atoms with Crippen LogP contribution in [0, 0.1) is 0 Å². The largest absolute Gasteiger partial charge is 0.478 e. The van der Waals surface area contributed by atoms with Gasteiger partial charge in [0.1, 0.15) is 4.90 Å². The summed E-state index contributed by atoms with van der Waals surface area (Å²) in [6, 6.07) is 1.96. The summed E-state index contributed by atoms with van der Waals surface area (Å²) >= 11 is 11.5. The summed E-state index contributed by atoms with van der Waals surface area (Å²) in [5.74, 6) is -1.36. The van der Waals surface area contributed by atoms with E-state index in [1.54, 1.807) is 0 Å². The van der Waals surface area contributed by atoms with E-state index in [1.165, 1.54) is 7.05 Å². The number of benzene rings is 1. The number of aliphatic hydroxyl groups is 1. The number of hydrogen-bond acceptors (Lipinski definition) is 4. The van der Waals surface area contributed by atoms with E-state index in [2.05, 4.69) is 0 Å². The summed E-state index contributed by atoms with van der Waals surface area (Å²) in [6.45, 7) is -0.504. The van der Waals surface area contributed by atoms with Crippen molar-refractivity contribution in [2.24, 2.45) is 0 Å². The first kappa shape index (κ1) is 16.2. The van der Waals surface area contributed by atoms with Gasteiger partial charge in [-0.15, -0.1) is 0 Å². The minimum absolute atomic E-state index is 0.135. The summed E-state index contributed by atoms with van der Waals surface area (Å²) in [5, 5.41) is 17.3. The summed E-state index contributed by atoms with van der Waals surface area (Å²) in [4.78, 5) is 10.6. The van der Waals surface area contributed by atoms with Gasteiger partial charge in [-0.2, -0.15) is 4.31 Å². The first-order valence-electron chi connectivity index (χ1n) is 5.01. The molecule has 2 N–H and O–H groups in total. The third-order valence-corrected chi connectivity index (χ3v) is 4.99. The van der Waals surface area contributed by atoms with Crippen molar-refractivity contribution in [3.63, 3.8) is 0 Å². The van der Waals surface area contributed by atoms with Crippen molar-refractivity contribution in [2.45, 2.75) is 4.90 Å². The lowest BCUT2D eigenvalue weighted by Gasteiger charge is -2.17. The summed E-state index contributed by atoms with van der Waals surface area (Å²) in [5.41, 5.74) is -0.359. The van der Waals surface area contributed by atoms with Gasteiger partial charge in [0.25, 0.3) is 0 Å². The maximum Gasteiger partial charge on any atom is 0.337 e. The minimum atomic E-state index is -3.99. The van der Waals surface area contributed by atoms with Crippen LogP contribution in [0.3, 0.4) is 0 Å². The molecule has 0 saturated heterocycles. The van der Waals surface area contributed by atoms with Crippen molar-refractivity contribution < 1.29 is 23.4 Å². The highest BCUT2D eigenvalue weighted by Gasteiger charge is 2.26. The zero-order valence-corrected chi connectivity index (χ0v) is 12.1. The lowest BCUT2D eigenvalue weighted by molar-refractivity contribution is 0.0697. The van der Waals surface area contributed by atoms with Crippen molar-refractivity contribution in [2.75, 3.05) is 20.2 Å². The maximum absolute atomic E-state index is 12.1. The van der Waals surface area contributed by atoms with E-state index in [0.717, 1.165) is 16.4 Å². The molecule has 0 saturated carbocycles. The fourth-order valence-corrected chi connectivity index (χ4v) is 3.31. The number of aliphatic hydroxyl groups excluding tert-OH is 1. The van der Waals surface area contributed by atoms with Crippen molar-refractivity contribution >= 4 is 39.2 Å². The average Bonchev–Trinajstić information content (AvgIpc) is 2.28. The lowest BCUT2D eigenvalue weighted by Crippen LogP contribution is -2.30. The third-order valence-electron chi connectivity index (χ3n) is 2.36. The van der Waals surface area contributed by atoms with Crippen LogP contribution in [0.4, 0.5) is 0 Å². The second-order valence-electron chi connectivity index (χ2n) is 3.62. The van der Waals surface area contributed by atoms with E-state index in [-0.39, 0.29) is 33.7 Å². The molecule has 1 aromatic rings. The van der Waals surface area contributed by atoms with Crippen molar-refractivity contribution in [3.8, 4) is 0 Å². The lowest BCUT2D eigenvalue weighted by atomic mass is 10.2. The Bertz CT molecular complexity index is 602. The maximum atomic E-state index is 12.1. The second kappa shape index (κ2) is 6.06. The second-order valence-corrected chi connectivity index (χ2v) is 6.45. The minimum Gasteiger partial charge on any atom is -0.478 e. The van der Waals surface area contributed by atoms with Crippen LogP contribution < -0.4 is 0 Å². The molecule has 0 bridgehead atoms. The molecule has 0 heterocycles. The highest BCUT2D eigenvalue weighted by Crippen LogP contribution is 2.30. The SMILES string of the molecule is CN(CCO)S(=O)(=O)c1cc(C(=O)O)c(Cl)cc1Cl. The van der Waals surface area contributed by atoms with Gasteiger partial charge in [0.15, 0.2) is 0 Å². The number of aromatic carboxylic acids is 1. The number of likely N-dealkylation sites (N-methyl/N-ethyl adjacent to an activating group) is 1. The molecule has 19 heavy (non-hydrogen) atoms. The number of carboxylic acid groups (broad SMARTS) is 1. The number of sulfonamides is 1. The molecule has 1 rings (SSSR count). The van der Waals surface area contributed by atoms with Gasteiger partial charge >= 0.3 is 5.97 Å². The Hall–Kier alpha value is -0.860. The van der Waals surface area contributed by atoms with Gasteiger partial charge in [-0.1, -0.05) is 23.2 Å². The molecule has 106 valence electrons. The zero-order chi connectivity index (χ0) is 14.8. The van der Waals surface area contributed by atoms with E-state index < -0.39 is 16.0 Å². The number of carbonyl (C=O) groups is 1. The number of nitrogens with zero attached hydrogens (tertiary/aromatic N) is 1. The Labute approximate surface area is 120 Å². The predicted molar refractivity (Wildman–Crippen MR) is 70.3 cm³/mol. The fourth-order valence-electron chi connectivity index (χ4n) is 1.32. The monoisotopic (exact) mass is 327 g/mol. The molecule has 0 atom stereocenters. The highest BCUT2D eigenvalue weighted by atomic mass is 35.5. The zero-order valence-electron chi connectivity index (χ0n) is 9.80. The van der Waals surface area contributed by atoms with E-state index in [9.17, 15) is 13.2 Å². The van der Waals surface area contributed by atoms with E-state index in [1.807, 2.05) is 0 Å². The molecule has 0 unspecified atom stereocenters.